The van der Waals surface area contributed by atoms with E-state index in [9.17, 15) is 9.59 Å². The molecule has 2 aromatic carbocycles. The van der Waals surface area contributed by atoms with Gasteiger partial charge in [-0.2, -0.15) is 0 Å². The maximum atomic E-state index is 12.6. The van der Waals surface area contributed by atoms with Gasteiger partial charge in [-0.3, -0.25) is 9.59 Å². The van der Waals surface area contributed by atoms with Gasteiger partial charge in [0.15, 0.2) is 5.78 Å². The van der Waals surface area contributed by atoms with Gasteiger partial charge in [-0.25, -0.2) is 0 Å². The van der Waals surface area contributed by atoms with Crippen molar-refractivity contribution >= 4 is 34.3 Å². The molecule has 1 saturated heterocycles. The van der Waals surface area contributed by atoms with Gasteiger partial charge in [0.1, 0.15) is 5.75 Å². The number of Topliss-reactive ketones (excluding diaryl/α,β-unsaturated/α-hetero) is 1. The molecule has 1 aliphatic rings. The highest BCUT2D eigenvalue weighted by Crippen LogP contribution is 2.24. The van der Waals surface area contributed by atoms with Crippen LogP contribution < -0.4 is 4.74 Å². The van der Waals surface area contributed by atoms with Crippen LogP contribution in [-0.4, -0.2) is 36.8 Å². The van der Waals surface area contributed by atoms with Crippen LogP contribution in [0.1, 0.15) is 33.6 Å². The van der Waals surface area contributed by atoms with Gasteiger partial charge in [0.25, 0.3) is 5.91 Å². The van der Waals surface area contributed by atoms with Gasteiger partial charge in [0.2, 0.25) is 0 Å². The number of hydrogen-bond acceptors (Lipinski definition) is 3. The van der Waals surface area contributed by atoms with Gasteiger partial charge in [-0.05, 0) is 77.9 Å². The summed E-state index contributed by atoms with van der Waals surface area (Å²) in [7, 11) is 1.61. The third kappa shape index (κ3) is 4.21. The molecule has 1 heterocycles. The van der Waals surface area contributed by atoms with Crippen LogP contribution in [0, 0.1) is 9.49 Å². The summed E-state index contributed by atoms with van der Waals surface area (Å²) in [6, 6.07) is 14.9. The number of amides is 1. The molecular formula is C20H20INO3. The van der Waals surface area contributed by atoms with Gasteiger partial charge >= 0.3 is 0 Å². The van der Waals surface area contributed by atoms with Crippen molar-refractivity contribution in [3.63, 3.8) is 0 Å². The first-order valence-electron chi connectivity index (χ1n) is 8.31. The molecule has 1 fully saturated rings. The number of carbonyl (C=O) groups is 2. The SMILES string of the molecule is COc1ccc(C(=O)C2CCN(C(=O)c3cccc(I)c3)CC2)cc1. The lowest BCUT2D eigenvalue weighted by Crippen LogP contribution is -2.40. The first kappa shape index (κ1) is 17.9. The van der Waals surface area contributed by atoms with Gasteiger partial charge < -0.3 is 9.64 Å². The van der Waals surface area contributed by atoms with Crippen LogP contribution in [-0.2, 0) is 0 Å². The Morgan fingerprint density at radius 3 is 2.32 bits per heavy atom. The van der Waals surface area contributed by atoms with E-state index in [1.54, 1.807) is 7.11 Å². The zero-order valence-corrected chi connectivity index (χ0v) is 16.2. The zero-order chi connectivity index (χ0) is 17.8. The predicted molar refractivity (Wildman–Crippen MR) is 105 cm³/mol. The minimum atomic E-state index is -0.0200. The lowest BCUT2D eigenvalue weighted by atomic mass is 9.88. The smallest absolute Gasteiger partial charge is 0.253 e. The molecule has 0 aliphatic carbocycles. The molecule has 0 bridgehead atoms. The van der Waals surface area contributed by atoms with Gasteiger partial charge in [-0.1, -0.05) is 6.07 Å². The zero-order valence-electron chi connectivity index (χ0n) is 14.1. The highest BCUT2D eigenvalue weighted by atomic mass is 127. The number of hydrogen-bond donors (Lipinski definition) is 0. The van der Waals surface area contributed by atoms with Crippen LogP contribution in [0.2, 0.25) is 0 Å². The van der Waals surface area contributed by atoms with E-state index in [2.05, 4.69) is 22.6 Å². The Bertz CT molecular complexity index is 765. The number of carbonyl (C=O) groups excluding carboxylic acids is 2. The average molecular weight is 449 g/mol. The quantitative estimate of drug-likeness (QED) is 0.523. The Kier molecular flexibility index (Phi) is 5.73. The molecule has 2 aromatic rings. The van der Waals surface area contributed by atoms with Crippen molar-refractivity contribution in [1.82, 2.24) is 4.90 Å². The van der Waals surface area contributed by atoms with Crippen LogP contribution >= 0.6 is 22.6 Å². The summed E-state index contributed by atoms with van der Waals surface area (Å²) in [6.45, 7) is 1.24. The number of ketones is 1. The van der Waals surface area contributed by atoms with E-state index < -0.39 is 0 Å². The van der Waals surface area contributed by atoms with Crippen LogP contribution in [0.3, 0.4) is 0 Å². The number of ether oxygens (including phenoxy) is 1. The Morgan fingerprint density at radius 1 is 1.04 bits per heavy atom. The molecule has 0 saturated carbocycles. The third-order valence-electron chi connectivity index (χ3n) is 4.60. The number of likely N-dealkylation sites (tertiary alicyclic amines) is 1. The summed E-state index contributed by atoms with van der Waals surface area (Å²) in [5, 5.41) is 0. The van der Waals surface area contributed by atoms with Crippen molar-refractivity contribution in [2.24, 2.45) is 5.92 Å². The minimum absolute atomic E-state index is 0.0200. The Labute approximate surface area is 161 Å². The van der Waals surface area contributed by atoms with E-state index in [4.69, 9.17) is 4.74 Å². The number of benzene rings is 2. The summed E-state index contributed by atoms with van der Waals surface area (Å²) in [5.74, 6) is 0.931. The van der Waals surface area contributed by atoms with Crippen LogP contribution in [0.4, 0.5) is 0 Å². The van der Waals surface area contributed by atoms with Crippen molar-refractivity contribution in [3.05, 3.63) is 63.2 Å². The number of rotatable bonds is 4. The lowest BCUT2D eigenvalue weighted by molar-refractivity contribution is 0.0650. The largest absolute Gasteiger partial charge is 0.497 e. The molecule has 5 heteroatoms. The summed E-state index contributed by atoms with van der Waals surface area (Å²) < 4.78 is 6.18. The van der Waals surface area contributed by atoms with E-state index in [0.29, 0.717) is 37.1 Å². The fourth-order valence-electron chi connectivity index (χ4n) is 3.14. The van der Waals surface area contributed by atoms with E-state index in [1.807, 2.05) is 53.4 Å². The standard InChI is InChI=1S/C20H20INO3/c1-25-18-7-5-14(6-8-18)19(23)15-9-11-22(12-10-15)20(24)16-3-2-4-17(21)13-16/h2-8,13,15H,9-12H2,1H3. The maximum Gasteiger partial charge on any atom is 0.253 e. The minimum Gasteiger partial charge on any atom is -0.497 e. The monoisotopic (exact) mass is 449 g/mol. The average Bonchev–Trinajstić information content (AvgIpc) is 2.67. The summed E-state index contributed by atoms with van der Waals surface area (Å²) in [5.41, 5.74) is 1.43. The van der Waals surface area contributed by atoms with Crippen molar-refractivity contribution in [2.75, 3.05) is 20.2 Å². The normalized spacial score (nSPS) is 15.0. The Morgan fingerprint density at radius 2 is 1.72 bits per heavy atom. The van der Waals surface area contributed by atoms with Crippen LogP contribution in [0.5, 0.6) is 5.75 Å². The number of piperidine rings is 1. The number of halogens is 1. The summed E-state index contributed by atoms with van der Waals surface area (Å²) >= 11 is 2.21. The van der Waals surface area contributed by atoms with Gasteiger partial charge in [0.05, 0.1) is 7.11 Å². The first-order valence-corrected chi connectivity index (χ1v) is 9.39. The second-order valence-corrected chi connectivity index (χ2v) is 7.42. The van der Waals surface area contributed by atoms with Crippen LogP contribution in [0.15, 0.2) is 48.5 Å². The molecule has 0 atom stereocenters. The van der Waals surface area contributed by atoms with Crippen LogP contribution in [0.25, 0.3) is 0 Å². The molecule has 4 nitrogen and oxygen atoms in total. The Hall–Kier alpha value is -1.89. The van der Waals surface area contributed by atoms with Crippen molar-refractivity contribution in [2.45, 2.75) is 12.8 Å². The topological polar surface area (TPSA) is 46.6 Å². The highest BCUT2D eigenvalue weighted by molar-refractivity contribution is 14.1. The fraction of sp³-hybridized carbons (Fsp3) is 0.300. The molecule has 0 unspecified atom stereocenters. The van der Waals surface area contributed by atoms with Crippen molar-refractivity contribution < 1.29 is 14.3 Å². The summed E-state index contributed by atoms with van der Waals surface area (Å²) in [4.78, 5) is 27.1. The molecule has 1 amide bonds. The van der Waals surface area contributed by atoms with Crippen molar-refractivity contribution in [1.29, 1.82) is 0 Å². The molecule has 0 radical (unpaired) electrons. The first-order chi connectivity index (χ1) is 12.1. The van der Waals surface area contributed by atoms with E-state index in [1.165, 1.54) is 0 Å². The Balaban J connectivity index is 1.61. The molecular weight excluding hydrogens is 429 g/mol. The summed E-state index contributed by atoms with van der Waals surface area (Å²) in [6.07, 6.45) is 1.42. The predicted octanol–water partition coefficient (Wildman–Crippen LogP) is 4.03. The molecule has 0 spiro atoms. The molecule has 25 heavy (non-hydrogen) atoms. The molecule has 0 N–H and O–H groups in total. The maximum absolute atomic E-state index is 12.6. The number of nitrogens with zero attached hydrogens (tertiary/aromatic N) is 1. The third-order valence-corrected chi connectivity index (χ3v) is 5.27. The number of methoxy groups -OCH3 is 1. The highest BCUT2D eigenvalue weighted by Gasteiger charge is 2.28. The van der Waals surface area contributed by atoms with E-state index in [0.717, 1.165) is 9.32 Å². The second-order valence-electron chi connectivity index (χ2n) is 6.17. The molecule has 3 rings (SSSR count). The van der Waals surface area contributed by atoms with Gasteiger partial charge in [-0.15, -0.1) is 0 Å². The van der Waals surface area contributed by atoms with E-state index in [-0.39, 0.29) is 17.6 Å². The lowest BCUT2D eigenvalue weighted by Gasteiger charge is -2.31. The molecule has 1 aliphatic heterocycles. The fourth-order valence-corrected chi connectivity index (χ4v) is 3.68. The second kappa shape index (κ2) is 7.99. The molecule has 0 aromatic heterocycles. The molecule has 130 valence electrons. The van der Waals surface area contributed by atoms with Gasteiger partial charge in [0, 0.05) is 33.7 Å². The van der Waals surface area contributed by atoms with E-state index >= 15 is 0 Å². The van der Waals surface area contributed by atoms with Crippen molar-refractivity contribution in [3.8, 4) is 5.75 Å².